The lowest BCUT2D eigenvalue weighted by Crippen LogP contribution is -2.33. The standard InChI is InChI=1S/C25H23N3O/c29-25(28-24-13-7-12-21-18-26-17-16-22(21)24)27-23(20-10-5-2-6-11-20)15-14-19-8-3-1-4-9-19/h1-13,16-18,23H,14-15H2,(H2,27,28,29). The number of hydrogen-bond donors (Lipinski definition) is 2. The van der Waals surface area contributed by atoms with Gasteiger partial charge in [-0.15, -0.1) is 0 Å². The molecule has 0 spiro atoms. The first-order valence-corrected chi connectivity index (χ1v) is 9.79. The van der Waals surface area contributed by atoms with Crippen LogP contribution in [0.5, 0.6) is 0 Å². The molecule has 0 aliphatic rings. The van der Waals surface area contributed by atoms with E-state index in [1.165, 1.54) is 5.56 Å². The highest BCUT2D eigenvalue weighted by Crippen LogP contribution is 2.23. The smallest absolute Gasteiger partial charge is 0.319 e. The van der Waals surface area contributed by atoms with Crippen molar-refractivity contribution in [2.75, 3.05) is 5.32 Å². The third-order valence-corrected chi connectivity index (χ3v) is 5.00. The molecule has 1 unspecified atom stereocenters. The van der Waals surface area contributed by atoms with Gasteiger partial charge in [0.05, 0.1) is 11.7 Å². The maximum absolute atomic E-state index is 12.8. The summed E-state index contributed by atoms with van der Waals surface area (Å²) in [6, 6.07) is 27.9. The number of anilines is 1. The molecule has 1 aromatic heterocycles. The normalized spacial score (nSPS) is 11.7. The van der Waals surface area contributed by atoms with Crippen LogP contribution in [-0.2, 0) is 6.42 Å². The number of nitrogens with zero attached hydrogens (tertiary/aromatic N) is 1. The molecule has 2 N–H and O–H groups in total. The number of urea groups is 1. The molecule has 3 aromatic carbocycles. The topological polar surface area (TPSA) is 54.0 Å². The van der Waals surface area contributed by atoms with Gasteiger partial charge in [-0.25, -0.2) is 4.79 Å². The summed E-state index contributed by atoms with van der Waals surface area (Å²) in [6.07, 6.45) is 5.24. The first kappa shape index (κ1) is 18.7. The van der Waals surface area contributed by atoms with E-state index in [9.17, 15) is 4.79 Å². The Bertz CT molecular complexity index is 1080. The van der Waals surface area contributed by atoms with Gasteiger partial charge in [-0.2, -0.15) is 0 Å². The van der Waals surface area contributed by atoms with E-state index in [1.54, 1.807) is 12.4 Å². The monoisotopic (exact) mass is 381 g/mol. The Labute approximate surface area is 170 Å². The molecule has 1 heterocycles. The van der Waals surface area contributed by atoms with Gasteiger partial charge in [0.1, 0.15) is 0 Å². The zero-order valence-corrected chi connectivity index (χ0v) is 16.1. The third-order valence-electron chi connectivity index (χ3n) is 5.00. The number of aromatic nitrogens is 1. The second-order valence-electron chi connectivity index (χ2n) is 6.99. The molecule has 4 heteroatoms. The summed E-state index contributed by atoms with van der Waals surface area (Å²) in [5.74, 6) is 0. The number of aryl methyl sites for hydroxylation is 1. The number of fused-ring (bicyclic) bond motifs is 1. The van der Waals surface area contributed by atoms with Gasteiger partial charge in [0.2, 0.25) is 0 Å². The first-order chi connectivity index (χ1) is 14.3. The van der Waals surface area contributed by atoms with Crippen molar-refractivity contribution in [1.82, 2.24) is 10.3 Å². The SMILES string of the molecule is O=C(Nc1cccc2cnccc12)NC(CCc1ccccc1)c1ccccc1. The summed E-state index contributed by atoms with van der Waals surface area (Å²) >= 11 is 0. The number of rotatable bonds is 6. The molecule has 1 atom stereocenters. The van der Waals surface area contributed by atoms with Crippen molar-refractivity contribution >= 4 is 22.5 Å². The van der Waals surface area contributed by atoms with Crippen LogP contribution in [0.25, 0.3) is 10.8 Å². The molecule has 144 valence electrons. The maximum atomic E-state index is 12.8. The Hall–Kier alpha value is -3.66. The van der Waals surface area contributed by atoms with Gasteiger partial charge in [0, 0.05) is 23.2 Å². The molecule has 0 bridgehead atoms. The second kappa shape index (κ2) is 9.02. The summed E-state index contributed by atoms with van der Waals surface area (Å²) in [5, 5.41) is 8.12. The van der Waals surface area contributed by atoms with Crippen LogP contribution < -0.4 is 10.6 Å². The Balaban J connectivity index is 1.49. The summed E-state index contributed by atoms with van der Waals surface area (Å²) in [4.78, 5) is 17.0. The van der Waals surface area contributed by atoms with Gasteiger partial charge in [-0.3, -0.25) is 4.98 Å². The Morgan fingerprint density at radius 3 is 2.41 bits per heavy atom. The van der Waals surface area contributed by atoms with Gasteiger partial charge < -0.3 is 10.6 Å². The van der Waals surface area contributed by atoms with E-state index in [0.717, 1.165) is 34.9 Å². The molecular formula is C25H23N3O. The Morgan fingerprint density at radius 2 is 1.62 bits per heavy atom. The number of amides is 2. The average molecular weight is 381 g/mol. The number of carbonyl (C=O) groups excluding carboxylic acids is 1. The van der Waals surface area contributed by atoms with Gasteiger partial charge in [-0.1, -0.05) is 72.8 Å². The van der Waals surface area contributed by atoms with E-state index in [-0.39, 0.29) is 12.1 Å². The first-order valence-electron chi connectivity index (χ1n) is 9.79. The fourth-order valence-electron chi connectivity index (χ4n) is 3.51. The van der Waals surface area contributed by atoms with Crippen molar-refractivity contribution in [3.05, 3.63) is 108 Å². The molecule has 4 nitrogen and oxygen atoms in total. The molecule has 29 heavy (non-hydrogen) atoms. The number of carbonyl (C=O) groups is 1. The van der Waals surface area contributed by atoms with Crippen LogP contribution in [0.4, 0.5) is 10.5 Å². The molecule has 0 radical (unpaired) electrons. The lowest BCUT2D eigenvalue weighted by Gasteiger charge is -2.20. The quantitative estimate of drug-likeness (QED) is 0.448. The number of pyridine rings is 1. The molecule has 2 amide bonds. The summed E-state index contributed by atoms with van der Waals surface area (Å²) in [6.45, 7) is 0. The molecule has 0 saturated carbocycles. The van der Waals surface area contributed by atoms with Crippen LogP contribution in [-0.4, -0.2) is 11.0 Å². The van der Waals surface area contributed by atoms with E-state index >= 15 is 0 Å². The summed E-state index contributed by atoms with van der Waals surface area (Å²) in [5.41, 5.74) is 3.13. The second-order valence-corrected chi connectivity index (χ2v) is 6.99. The van der Waals surface area contributed by atoms with Crippen LogP contribution in [0, 0.1) is 0 Å². The van der Waals surface area contributed by atoms with Crippen LogP contribution in [0.1, 0.15) is 23.6 Å². The van der Waals surface area contributed by atoms with Gasteiger partial charge >= 0.3 is 6.03 Å². The van der Waals surface area contributed by atoms with E-state index in [0.29, 0.717) is 0 Å². The fraction of sp³-hybridized carbons (Fsp3) is 0.120. The lowest BCUT2D eigenvalue weighted by atomic mass is 9.99. The molecule has 0 aliphatic heterocycles. The molecule has 0 saturated heterocycles. The van der Waals surface area contributed by atoms with Gasteiger partial charge in [0.25, 0.3) is 0 Å². The van der Waals surface area contributed by atoms with Crippen molar-refractivity contribution in [3.8, 4) is 0 Å². The Morgan fingerprint density at radius 1 is 0.862 bits per heavy atom. The highest BCUT2D eigenvalue weighted by Gasteiger charge is 2.15. The number of benzene rings is 3. The molecule has 4 aromatic rings. The van der Waals surface area contributed by atoms with Crippen LogP contribution in [0.2, 0.25) is 0 Å². The zero-order valence-electron chi connectivity index (χ0n) is 16.1. The van der Waals surface area contributed by atoms with Crippen molar-refractivity contribution in [1.29, 1.82) is 0 Å². The van der Waals surface area contributed by atoms with E-state index in [2.05, 4.69) is 39.9 Å². The van der Waals surface area contributed by atoms with Crippen molar-refractivity contribution in [3.63, 3.8) is 0 Å². The number of nitrogens with one attached hydrogen (secondary N) is 2. The largest absolute Gasteiger partial charge is 0.331 e. The average Bonchev–Trinajstić information content (AvgIpc) is 2.78. The van der Waals surface area contributed by atoms with E-state index in [1.807, 2.05) is 60.7 Å². The van der Waals surface area contributed by atoms with Crippen LogP contribution in [0.15, 0.2) is 97.3 Å². The van der Waals surface area contributed by atoms with Gasteiger partial charge in [-0.05, 0) is 36.1 Å². The molecule has 0 aliphatic carbocycles. The van der Waals surface area contributed by atoms with Crippen LogP contribution >= 0.6 is 0 Å². The predicted molar refractivity (Wildman–Crippen MR) is 118 cm³/mol. The summed E-state index contributed by atoms with van der Waals surface area (Å²) in [7, 11) is 0. The highest BCUT2D eigenvalue weighted by atomic mass is 16.2. The minimum Gasteiger partial charge on any atom is -0.331 e. The summed E-state index contributed by atoms with van der Waals surface area (Å²) < 4.78 is 0. The number of hydrogen-bond acceptors (Lipinski definition) is 2. The lowest BCUT2D eigenvalue weighted by molar-refractivity contribution is 0.248. The van der Waals surface area contributed by atoms with Crippen molar-refractivity contribution in [2.24, 2.45) is 0 Å². The Kier molecular flexibility index (Phi) is 5.81. The molecular weight excluding hydrogens is 358 g/mol. The van der Waals surface area contributed by atoms with Crippen molar-refractivity contribution in [2.45, 2.75) is 18.9 Å². The minimum absolute atomic E-state index is 0.0759. The van der Waals surface area contributed by atoms with Crippen LogP contribution in [0.3, 0.4) is 0 Å². The minimum atomic E-state index is -0.212. The molecule has 4 rings (SSSR count). The van der Waals surface area contributed by atoms with E-state index in [4.69, 9.17) is 0 Å². The third kappa shape index (κ3) is 4.79. The predicted octanol–water partition coefficient (Wildman–Crippen LogP) is 5.73. The van der Waals surface area contributed by atoms with Crippen molar-refractivity contribution < 1.29 is 4.79 Å². The molecule has 0 fully saturated rings. The van der Waals surface area contributed by atoms with E-state index < -0.39 is 0 Å². The van der Waals surface area contributed by atoms with Gasteiger partial charge in [0.15, 0.2) is 0 Å². The zero-order chi connectivity index (χ0) is 19.9. The maximum Gasteiger partial charge on any atom is 0.319 e. The fourth-order valence-corrected chi connectivity index (χ4v) is 3.51. The highest BCUT2D eigenvalue weighted by molar-refractivity contribution is 6.01.